The molecule has 0 amide bonds. The van der Waals surface area contributed by atoms with Crippen molar-refractivity contribution in [3.8, 4) is 11.8 Å². The monoisotopic (exact) mass is 383 g/mol. The van der Waals surface area contributed by atoms with E-state index in [0.717, 1.165) is 18.4 Å². The SMILES string of the molecule is CCCCCCOc1cccc(C=C(C#N)S(=O)(=O)c2ccc(C)cc2)c1. The Labute approximate surface area is 162 Å². The number of allylic oxidation sites excluding steroid dienone is 1. The summed E-state index contributed by atoms with van der Waals surface area (Å²) >= 11 is 0. The van der Waals surface area contributed by atoms with Gasteiger partial charge in [-0.05, 0) is 49.2 Å². The van der Waals surface area contributed by atoms with Gasteiger partial charge < -0.3 is 4.74 Å². The highest BCUT2D eigenvalue weighted by molar-refractivity contribution is 7.95. The number of hydrogen-bond acceptors (Lipinski definition) is 4. The van der Waals surface area contributed by atoms with Gasteiger partial charge in [0.2, 0.25) is 9.84 Å². The number of benzene rings is 2. The van der Waals surface area contributed by atoms with E-state index >= 15 is 0 Å². The predicted octanol–water partition coefficient (Wildman–Crippen LogP) is 5.29. The molecule has 0 radical (unpaired) electrons. The minimum atomic E-state index is -3.85. The molecule has 0 bridgehead atoms. The lowest BCUT2D eigenvalue weighted by molar-refractivity contribution is 0.305. The first-order valence-corrected chi connectivity index (χ1v) is 10.6. The summed E-state index contributed by atoms with van der Waals surface area (Å²) < 4.78 is 31.2. The van der Waals surface area contributed by atoms with Gasteiger partial charge in [-0.3, -0.25) is 0 Å². The van der Waals surface area contributed by atoms with Crippen LogP contribution < -0.4 is 4.74 Å². The molecule has 0 spiro atoms. The summed E-state index contributed by atoms with van der Waals surface area (Å²) in [5.41, 5.74) is 1.58. The predicted molar refractivity (Wildman–Crippen MR) is 108 cm³/mol. The summed E-state index contributed by atoms with van der Waals surface area (Å²) in [4.78, 5) is -0.171. The van der Waals surface area contributed by atoms with Crippen LogP contribution in [-0.4, -0.2) is 15.0 Å². The van der Waals surface area contributed by atoms with E-state index in [2.05, 4.69) is 6.92 Å². The molecule has 0 aliphatic carbocycles. The van der Waals surface area contributed by atoms with Crippen molar-refractivity contribution >= 4 is 15.9 Å². The van der Waals surface area contributed by atoms with E-state index in [4.69, 9.17) is 4.74 Å². The number of nitrogens with zero attached hydrogens (tertiary/aromatic N) is 1. The Morgan fingerprint density at radius 3 is 2.52 bits per heavy atom. The van der Waals surface area contributed by atoms with Gasteiger partial charge in [0.1, 0.15) is 16.7 Å². The quantitative estimate of drug-likeness (QED) is 0.436. The van der Waals surface area contributed by atoms with Gasteiger partial charge in [0.15, 0.2) is 0 Å². The molecule has 0 atom stereocenters. The molecular formula is C22H25NO3S. The van der Waals surface area contributed by atoms with Crippen LogP contribution in [0.4, 0.5) is 0 Å². The third kappa shape index (κ3) is 5.97. The lowest BCUT2D eigenvalue weighted by atomic mass is 10.2. The molecule has 2 aromatic rings. The maximum Gasteiger partial charge on any atom is 0.216 e. The molecule has 0 saturated heterocycles. The van der Waals surface area contributed by atoms with Crippen LogP contribution in [0.5, 0.6) is 5.75 Å². The average molecular weight is 384 g/mol. The van der Waals surface area contributed by atoms with Gasteiger partial charge in [-0.1, -0.05) is 56.0 Å². The maximum atomic E-state index is 12.7. The van der Waals surface area contributed by atoms with Gasteiger partial charge >= 0.3 is 0 Å². The van der Waals surface area contributed by atoms with Crippen LogP contribution in [0.25, 0.3) is 6.08 Å². The van der Waals surface area contributed by atoms with Gasteiger partial charge in [-0.25, -0.2) is 8.42 Å². The third-order valence-corrected chi connectivity index (χ3v) is 5.83. The van der Waals surface area contributed by atoms with Gasteiger partial charge in [0.05, 0.1) is 11.5 Å². The Kier molecular flexibility index (Phi) is 7.63. The molecule has 2 rings (SSSR count). The first kappa shape index (κ1) is 20.7. The van der Waals surface area contributed by atoms with E-state index in [9.17, 15) is 13.7 Å². The Bertz CT molecular complexity index is 923. The van der Waals surface area contributed by atoms with Crippen molar-refractivity contribution in [1.82, 2.24) is 0 Å². The maximum absolute atomic E-state index is 12.7. The van der Waals surface area contributed by atoms with Crippen molar-refractivity contribution in [3.05, 3.63) is 64.6 Å². The van der Waals surface area contributed by atoms with Crippen LogP contribution in [0.3, 0.4) is 0 Å². The molecule has 0 fully saturated rings. The standard InChI is InChI=1S/C22H25NO3S/c1-3-4-5-6-14-26-20-9-7-8-19(15-20)16-22(17-23)27(24,25)21-12-10-18(2)11-13-21/h7-13,15-16H,3-6,14H2,1-2H3. The number of rotatable bonds is 9. The number of aryl methyl sites for hydroxylation is 1. The van der Waals surface area contributed by atoms with Crippen molar-refractivity contribution in [1.29, 1.82) is 5.26 Å². The Morgan fingerprint density at radius 2 is 1.85 bits per heavy atom. The second-order valence-electron chi connectivity index (χ2n) is 6.42. The molecule has 0 aliphatic heterocycles. The number of unbranched alkanes of at least 4 members (excludes halogenated alkanes) is 3. The molecule has 2 aromatic carbocycles. The summed E-state index contributed by atoms with van der Waals surface area (Å²) in [6, 6.07) is 15.4. The summed E-state index contributed by atoms with van der Waals surface area (Å²) in [5, 5.41) is 9.40. The highest BCUT2D eigenvalue weighted by atomic mass is 32.2. The van der Waals surface area contributed by atoms with Crippen LogP contribution >= 0.6 is 0 Å². The highest BCUT2D eigenvalue weighted by Gasteiger charge is 2.20. The molecule has 0 unspecified atom stereocenters. The summed E-state index contributed by atoms with van der Waals surface area (Å²) in [7, 11) is -3.85. The van der Waals surface area contributed by atoms with Crippen molar-refractivity contribution in [2.45, 2.75) is 44.4 Å². The summed E-state index contributed by atoms with van der Waals surface area (Å²) in [6.07, 6.45) is 5.86. The number of nitriles is 1. The van der Waals surface area contributed by atoms with Gasteiger partial charge in [0, 0.05) is 0 Å². The topological polar surface area (TPSA) is 67.2 Å². The molecule has 0 saturated carbocycles. The average Bonchev–Trinajstić information content (AvgIpc) is 2.66. The van der Waals surface area contributed by atoms with E-state index in [1.165, 1.54) is 31.1 Å². The smallest absolute Gasteiger partial charge is 0.216 e. The van der Waals surface area contributed by atoms with Gasteiger partial charge in [0.25, 0.3) is 0 Å². The van der Waals surface area contributed by atoms with E-state index in [0.29, 0.717) is 17.9 Å². The van der Waals surface area contributed by atoms with E-state index < -0.39 is 9.84 Å². The Balaban J connectivity index is 2.18. The van der Waals surface area contributed by atoms with E-state index in [1.54, 1.807) is 30.3 Å². The van der Waals surface area contributed by atoms with Crippen molar-refractivity contribution in [2.24, 2.45) is 0 Å². The zero-order valence-corrected chi connectivity index (χ0v) is 16.6. The summed E-state index contributed by atoms with van der Waals surface area (Å²) in [5.74, 6) is 0.672. The second-order valence-corrected chi connectivity index (χ2v) is 8.34. The minimum Gasteiger partial charge on any atom is -0.494 e. The fourth-order valence-electron chi connectivity index (χ4n) is 2.58. The lowest BCUT2D eigenvalue weighted by Gasteiger charge is -2.07. The molecule has 4 nitrogen and oxygen atoms in total. The first-order chi connectivity index (χ1) is 13.0. The van der Waals surface area contributed by atoms with Crippen LogP contribution in [0, 0.1) is 18.3 Å². The summed E-state index contributed by atoms with van der Waals surface area (Å²) in [6.45, 7) is 4.67. The Hall–Kier alpha value is -2.58. The van der Waals surface area contributed by atoms with Crippen LogP contribution in [0.2, 0.25) is 0 Å². The Morgan fingerprint density at radius 1 is 1.11 bits per heavy atom. The molecule has 0 aliphatic rings. The number of ether oxygens (including phenoxy) is 1. The largest absolute Gasteiger partial charge is 0.494 e. The lowest BCUT2D eigenvalue weighted by Crippen LogP contribution is -2.03. The third-order valence-electron chi connectivity index (χ3n) is 4.15. The van der Waals surface area contributed by atoms with Crippen LogP contribution in [0.15, 0.2) is 58.3 Å². The zero-order valence-electron chi connectivity index (χ0n) is 15.8. The molecule has 142 valence electrons. The van der Waals surface area contributed by atoms with Crippen molar-refractivity contribution in [2.75, 3.05) is 6.61 Å². The van der Waals surface area contributed by atoms with Gasteiger partial charge in [-0.2, -0.15) is 5.26 Å². The van der Waals surface area contributed by atoms with Gasteiger partial charge in [-0.15, -0.1) is 0 Å². The molecular weight excluding hydrogens is 358 g/mol. The fourth-order valence-corrected chi connectivity index (χ4v) is 3.74. The van der Waals surface area contributed by atoms with E-state index in [1.807, 2.05) is 19.1 Å². The van der Waals surface area contributed by atoms with Crippen LogP contribution in [-0.2, 0) is 9.84 Å². The molecule has 5 heteroatoms. The number of hydrogen-bond donors (Lipinski definition) is 0. The fraction of sp³-hybridized carbons (Fsp3) is 0.318. The normalized spacial score (nSPS) is 11.8. The molecule has 0 N–H and O–H groups in total. The second kappa shape index (κ2) is 9.94. The van der Waals surface area contributed by atoms with Crippen molar-refractivity contribution in [3.63, 3.8) is 0 Å². The van der Waals surface area contributed by atoms with Crippen molar-refractivity contribution < 1.29 is 13.2 Å². The molecule has 0 aromatic heterocycles. The number of sulfone groups is 1. The minimum absolute atomic E-state index is 0.115. The molecule has 0 heterocycles. The van der Waals surface area contributed by atoms with Crippen LogP contribution in [0.1, 0.15) is 43.7 Å². The molecule has 27 heavy (non-hydrogen) atoms. The zero-order chi connectivity index (χ0) is 19.7. The highest BCUT2D eigenvalue weighted by Crippen LogP contribution is 2.23. The first-order valence-electron chi connectivity index (χ1n) is 9.14. The van der Waals surface area contributed by atoms with E-state index in [-0.39, 0.29) is 9.80 Å².